The van der Waals surface area contributed by atoms with E-state index in [0.29, 0.717) is 5.75 Å². The standard InChI is InChI=1S/C35H52O3/c1-5-6-7-8-9-10-11-12-13-14-15-16-17-18-19-20-25-30-31-26-28-23-21-22-24-29(28)27-32(31)34(37-3)35(38-4)33(30)36-2/h21-24,26-27H,5-20,25H2,1-4H3. The lowest BCUT2D eigenvalue weighted by Gasteiger charge is -2.20. The molecule has 0 atom stereocenters. The molecule has 0 aliphatic heterocycles. The molecule has 0 saturated heterocycles. The van der Waals surface area contributed by atoms with E-state index in [0.717, 1.165) is 29.7 Å². The van der Waals surface area contributed by atoms with Gasteiger partial charge in [0.15, 0.2) is 11.5 Å². The summed E-state index contributed by atoms with van der Waals surface area (Å²) in [6.07, 6.45) is 23.1. The van der Waals surface area contributed by atoms with E-state index in [4.69, 9.17) is 14.2 Å². The molecule has 38 heavy (non-hydrogen) atoms. The second kappa shape index (κ2) is 17.2. The van der Waals surface area contributed by atoms with Crippen molar-refractivity contribution in [2.24, 2.45) is 0 Å². The molecule has 0 aliphatic rings. The molecule has 0 bridgehead atoms. The van der Waals surface area contributed by atoms with Crippen LogP contribution >= 0.6 is 0 Å². The Bertz CT molecular complexity index is 1090. The molecule has 0 aliphatic carbocycles. The average molecular weight is 521 g/mol. The first kappa shape index (κ1) is 30.1. The minimum atomic E-state index is 0.698. The van der Waals surface area contributed by atoms with Gasteiger partial charge in [-0.25, -0.2) is 0 Å². The SMILES string of the molecule is CCCCCCCCCCCCCCCCCCc1c(OC)c(OC)c(OC)c2cc3ccccc3cc12. The Labute approximate surface area is 232 Å². The Hall–Kier alpha value is -2.42. The molecule has 0 unspecified atom stereocenters. The molecule has 3 aromatic rings. The van der Waals surface area contributed by atoms with Gasteiger partial charge in [-0.2, -0.15) is 0 Å². The Balaban J connectivity index is 1.45. The van der Waals surface area contributed by atoms with Crippen molar-refractivity contribution in [3.05, 3.63) is 42.0 Å². The molecule has 3 heteroatoms. The molecule has 0 spiro atoms. The summed E-state index contributed by atoms with van der Waals surface area (Å²) in [4.78, 5) is 0. The number of methoxy groups -OCH3 is 3. The largest absolute Gasteiger partial charge is 0.492 e. The minimum absolute atomic E-state index is 0.698. The zero-order valence-electron chi connectivity index (χ0n) is 24.7. The van der Waals surface area contributed by atoms with Gasteiger partial charge in [0.05, 0.1) is 21.3 Å². The van der Waals surface area contributed by atoms with Crippen molar-refractivity contribution < 1.29 is 14.2 Å². The predicted octanol–water partition coefficient (Wildman–Crippen LogP) is 10.8. The summed E-state index contributed by atoms with van der Waals surface area (Å²) in [5.41, 5.74) is 1.23. The van der Waals surface area contributed by atoms with E-state index in [1.54, 1.807) is 21.3 Å². The highest BCUT2D eigenvalue weighted by atomic mass is 16.5. The maximum absolute atomic E-state index is 5.90. The van der Waals surface area contributed by atoms with Gasteiger partial charge in [0, 0.05) is 10.9 Å². The van der Waals surface area contributed by atoms with Gasteiger partial charge in [-0.3, -0.25) is 0 Å². The topological polar surface area (TPSA) is 27.7 Å². The van der Waals surface area contributed by atoms with Crippen molar-refractivity contribution in [3.8, 4) is 17.2 Å². The summed E-state index contributed by atoms with van der Waals surface area (Å²) < 4.78 is 17.5. The number of fused-ring (bicyclic) bond motifs is 2. The maximum Gasteiger partial charge on any atom is 0.204 e. The van der Waals surface area contributed by atoms with Gasteiger partial charge < -0.3 is 14.2 Å². The number of benzene rings is 3. The number of rotatable bonds is 20. The third kappa shape index (κ3) is 8.55. The molecular formula is C35H52O3. The van der Waals surface area contributed by atoms with Gasteiger partial charge in [-0.05, 0) is 41.1 Å². The van der Waals surface area contributed by atoms with Gasteiger partial charge in [0.1, 0.15) is 0 Å². The van der Waals surface area contributed by atoms with E-state index in [2.05, 4.69) is 43.3 Å². The van der Waals surface area contributed by atoms with E-state index in [1.807, 2.05) is 0 Å². The third-order valence-electron chi connectivity index (χ3n) is 8.03. The first-order valence-electron chi connectivity index (χ1n) is 15.4. The Morgan fingerprint density at radius 1 is 0.474 bits per heavy atom. The molecule has 0 N–H and O–H groups in total. The summed E-state index contributed by atoms with van der Waals surface area (Å²) in [6, 6.07) is 13.0. The molecule has 210 valence electrons. The fraction of sp³-hybridized carbons (Fsp3) is 0.600. The van der Waals surface area contributed by atoms with Crippen molar-refractivity contribution in [1.82, 2.24) is 0 Å². The minimum Gasteiger partial charge on any atom is -0.492 e. The van der Waals surface area contributed by atoms with Gasteiger partial charge in [-0.15, -0.1) is 0 Å². The van der Waals surface area contributed by atoms with Gasteiger partial charge in [0.25, 0.3) is 0 Å². The van der Waals surface area contributed by atoms with Crippen LogP contribution in [0.3, 0.4) is 0 Å². The molecule has 0 aromatic heterocycles. The van der Waals surface area contributed by atoms with Crippen LogP contribution < -0.4 is 14.2 Å². The fourth-order valence-electron chi connectivity index (χ4n) is 5.86. The van der Waals surface area contributed by atoms with Crippen molar-refractivity contribution in [2.75, 3.05) is 21.3 Å². The Kier molecular flexibility index (Phi) is 13.7. The summed E-state index contributed by atoms with van der Waals surface area (Å²) >= 11 is 0. The smallest absolute Gasteiger partial charge is 0.204 e. The Morgan fingerprint density at radius 3 is 1.34 bits per heavy atom. The molecular weight excluding hydrogens is 468 g/mol. The molecule has 0 radical (unpaired) electrons. The summed E-state index contributed by atoms with van der Waals surface area (Å²) in [7, 11) is 5.15. The number of unbranched alkanes of at least 4 members (excludes halogenated alkanes) is 15. The van der Waals surface area contributed by atoms with Crippen molar-refractivity contribution in [3.63, 3.8) is 0 Å². The summed E-state index contributed by atoms with van der Waals surface area (Å²) in [6.45, 7) is 2.29. The lowest BCUT2D eigenvalue weighted by atomic mass is 9.94. The molecule has 0 heterocycles. The first-order valence-corrected chi connectivity index (χ1v) is 15.4. The van der Waals surface area contributed by atoms with Crippen LogP contribution in [0.4, 0.5) is 0 Å². The Morgan fingerprint density at radius 2 is 0.895 bits per heavy atom. The van der Waals surface area contributed by atoms with Crippen LogP contribution in [0.5, 0.6) is 17.2 Å². The summed E-state index contributed by atoms with van der Waals surface area (Å²) in [5, 5.41) is 4.75. The zero-order valence-corrected chi connectivity index (χ0v) is 24.7. The van der Waals surface area contributed by atoms with E-state index in [1.165, 1.54) is 118 Å². The van der Waals surface area contributed by atoms with Crippen LogP contribution in [0.2, 0.25) is 0 Å². The van der Waals surface area contributed by atoms with Crippen LogP contribution in [0.1, 0.15) is 115 Å². The first-order chi connectivity index (χ1) is 18.7. The lowest BCUT2D eigenvalue weighted by Crippen LogP contribution is -2.01. The van der Waals surface area contributed by atoms with Crippen LogP contribution in [-0.2, 0) is 6.42 Å². The number of hydrogen-bond acceptors (Lipinski definition) is 3. The van der Waals surface area contributed by atoms with Crippen molar-refractivity contribution in [1.29, 1.82) is 0 Å². The highest BCUT2D eigenvalue weighted by molar-refractivity contribution is 6.05. The van der Waals surface area contributed by atoms with E-state index in [-0.39, 0.29) is 0 Å². The molecule has 0 amide bonds. The fourth-order valence-corrected chi connectivity index (χ4v) is 5.86. The zero-order chi connectivity index (χ0) is 27.0. The van der Waals surface area contributed by atoms with E-state index >= 15 is 0 Å². The van der Waals surface area contributed by atoms with Crippen LogP contribution in [0.15, 0.2) is 36.4 Å². The second-order valence-corrected chi connectivity index (χ2v) is 10.9. The number of hydrogen-bond donors (Lipinski definition) is 0. The summed E-state index contributed by atoms with van der Waals surface area (Å²) in [5.74, 6) is 2.26. The molecule has 3 rings (SSSR count). The van der Waals surface area contributed by atoms with Crippen LogP contribution in [0.25, 0.3) is 21.5 Å². The normalized spacial score (nSPS) is 11.4. The number of aryl methyl sites for hydroxylation is 1. The van der Waals surface area contributed by atoms with Gasteiger partial charge >= 0.3 is 0 Å². The second-order valence-electron chi connectivity index (χ2n) is 10.9. The molecule has 3 nitrogen and oxygen atoms in total. The van der Waals surface area contributed by atoms with Crippen molar-refractivity contribution in [2.45, 2.75) is 116 Å². The lowest BCUT2D eigenvalue weighted by molar-refractivity contribution is 0.325. The monoisotopic (exact) mass is 520 g/mol. The van der Waals surface area contributed by atoms with Crippen LogP contribution in [0, 0.1) is 0 Å². The van der Waals surface area contributed by atoms with E-state index in [9.17, 15) is 0 Å². The number of ether oxygens (including phenoxy) is 3. The third-order valence-corrected chi connectivity index (χ3v) is 8.03. The van der Waals surface area contributed by atoms with E-state index < -0.39 is 0 Å². The average Bonchev–Trinajstić information content (AvgIpc) is 2.95. The van der Waals surface area contributed by atoms with Crippen LogP contribution in [-0.4, -0.2) is 21.3 Å². The van der Waals surface area contributed by atoms with Crippen molar-refractivity contribution >= 4 is 21.5 Å². The quantitative estimate of drug-likeness (QED) is 0.109. The maximum atomic E-state index is 5.90. The highest BCUT2D eigenvalue weighted by Crippen LogP contribution is 2.48. The molecule has 0 saturated carbocycles. The molecule has 0 fully saturated rings. The van der Waals surface area contributed by atoms with Gasteiger partial charge in [-0.1, -0.05) is 128 Å². The van der Waals surface area contributed by atoms with Gasteiger partial charge in [0.2, 0.25) is 5.75 Å². The highest BCUT2D eigenvalue weighted by Gasteiger charge is 2.22. The predicted molar refractivity (Wildman–Crippen MR) is 164 cm³/mol. The molecule has 3 aromatic carbocycles.